The summed E-state index contributed by atoms with van der Waals surface area (Å²) in [7, 11) is -3.47. The number of hydrogen-bond acceptors (Lipinski definition) is 7. The fraction of sp³-hybridized carbons (Fsp3) is 0.267. The third-order valence-electron chi connectivity index (χ3n) is 3.89. The molecule has 0 spiro atoms. The van der Waals surface area contributed by atoms with Crippen molar-refractivity contribution < 1.29 is 8.42 Å². The summed E-state index contributed by atoms with van der Waals surface area (Å²) in [6.07, 6.45) is 0. The van der Waals surface area contributed by atoms with E-state index < -0.39 is 9.84 Å². The van der Waals surface area contributed by atoms with Gasteiger partial charge in [0.15, 0.2) is 15.7 Å². The zero-order valence-electron chi connectivity index (χ0n) is 13.4. The molecule has 0 fully saturated rings. The van der Waals surface area contributed by atoms with E-state index in [0.29, 0.717) is 28.1 Å². The van der Waals surface area contributed by atoms with Crippen molar-refractivity contribution in [2.75, 3.05) is 6.54 Å². The van der Waals surface area contributed by atoms with Gasteiger partial charge >= 0.3 is 0 Å². The van der Waals surface area contributed by atoms with Crippen molar-refractivity contribution in [1.82, 2.24) is 25.1 Å². The van der Waals surface area contributed by atoms with Gasteiger partial charge in [0.25, 0.3) is 0 Å². The predicted octanol–water partition coefficient (Wildman–Crippen LogP) is 2.55. The smallest absolute Gasteiger partial charge is 0.184 e. The SMILES string of the molecule is Cl.O=S(=O)(Cc1nc(-c2nnc3n2CCNC3)cs1)c1ccc(Cl)cc1. The molecule has 0 bridgehead atoms. The molecule has 3 heterocycles. The highest BCUT2D eigenvalue weighted by Crippen LogP contribution is 2.25. The minimum absolute atomic E-state index is 0. The van der Waals surface area contributed by atoms with Crippen LogP contribution in [-0.4, -0.2) is 34.7 Å². The van der Waals surface area contributed by atoms with Gasteiger partial charge in [0.05, 0.1) is 11.4 Å². The van der Waals surface area contributed by atoms with E-state index >= 15 is 0 Å². The lowest BCUT2D eigenvalue weighted by Crippen LogP contribution is -2.28. The number of thiazole rings is 1. The van der Waals surface area contributed by atoms with Crippen LogP contribution in [0.25, 0.3) is 11.5 Å². The van der Waals surface area contributed by atoms with Gasteiger partial charge in [-0.3, -0.25) is 0 Å². The van der Waals surface area contributed by atoms with E-state index in [1.54, 1.807) is 12.1 Å². The molecule has 138 valence electrons. The first-order chi connectivity index (χ1) is 12.0. The number of hydrogen-bond donors (Lipinski definition) is 1. The molecule has 0 atom stereocenters. The second kappa shape index (κ2) is 7.61. The highest BCUT2D eigenvalue weighted by molar-refractivity contribution is 7.90. The molecule has 1 N–H and O–H groups in total. The van der Waals surface area contributed by atoms with E-state index in [4.69, 9.17) is 11.6 Å². The van der Waals surface area contributed by atoms with E-state index in [-0.39, 0.29) is 23.1 Å². The van der Waals surface area contributed by atoms with Crippen molar-refractivity contribution in [1.29, 1.82) is 0 Å². The summed E-state index contributed by atoms with van der Waals surface area (Å²) in [5.74, 6) is 1.40. The second-order valence-corrected chi connectivity index (χ2v) is 8.98. The Kier molecular flexibility index (Phi) is 5.64. The maximum absolute atomic E-state index is 12.5. The molecule has 11 heteroatoms. The number of benzene rings is 1. The van der Waals surface area contributed by atoms with Crippen molar-refractivity contribution >= 4 is 45.2 Å². The summed E-state index contributed by atoms with van der Waals surface area (Å²) < 4.78 is 27.1. The first kappa shape index (κ1) is 19.2. The number of sulfone groups is 1. The molecule has 1 aliphatic heterocycles. The summed E-state index contributed by atoms with van der Waals surface area (Å²) in [5.41, 5.74) is 0.659. The molecular formula is C15H15Cl2N5O2S2. The van der Waals surface area contributed by atoms with E-state index in [1.165, 1.54) is 23.5 Å². The fourth-order valence-electron chi connectivity index (χ4n) is 2.65. The first-order valence-electron chi connectivity index (χ1n) is 7.59. The van der Waals surface area contributed by atoms with Gasteiger partial charge in [-0.1, -0.05) is 11.6 Å². The molecule has 0 unspecified atom stereocenters. The zero-order valence-corrected chi connectivity index (χ0v) is 16.6. The van der Waals surface area contributed by atoms with E-state index in [0.717, 1.165) is 18.9 Å². The molecule has 4 rings (SSSR count). The Morgan fingerprint density at radius 1 is 1.23 bits per heavy atom. The lowest BCUT2D eigenvalue weighted by molar-refractivity contribution is 0.508. The first-order valence-corrected chi connectivity index (χ1v) is 10.5. The number of fused-ring (bicyclic) bond motifs is 1. The van der Waals surface area contributed by atoms with Crippen LogP contribution in [0.1, 0.15) is 10.8 Å². The molecular weight excluding hydrogens is 417 g/mol. The van der Waals surface area contributed by atoms with Crippen LogP contribution in [-0.2, 0) is 28.7 Å². The van der Waals surface area contributed by atoms with Crippen molar-refractivity contribution in [3.63, 3.8) is 0 Å². The van der Waals surface area contributed by atoms with Crippen LogP contribution in [0.15, 0.2) is 34.5 Å². The summed E-state index contributed by atoms with van der Waals surface area (Å²) in [6.45, 7) is 2.29. The third kappa shape index (κ3) is 3.77. The lowest BCUT2D eigenvalue weighted by atomic mass is 10.4. The minimum atomic E-state index is -3.47. The maximum Gasteiger partial charge on any atom is 0.184 e. The number of aromatic nitrogens is 4. The molecule has 0 radical (unpaired) electrons. The van der Waals surface area contributed by atoms with Crippen LogP contribution in [0.4, 0.5) is 0 Å². The summed E-state index contributed by atoms with van der Waals surface area (Å²) in [4.78, 5) is 4.69. The van der Waals surface area contributed by atoms with Gasteiger partial charge in [-0.25, -0.2) is 13.4 Å². The highest BCUT2D eigenvalue weighted by Gasteiger charge is 2.21. The Morgan fingerprint density at radius 3 is 2.77 bits per heavy atom. The number of nitrogens with one attached hydrogen (secondary N) is 1. The largest absolute Gasteiger partial charge is 0.308 e. The topological polar surface area (TPSA) is 89.8 Å². The number of halogens is 2. The van der Waals surface area contributed by atoms with Crippen molar-refractivity contribution in [2.45, 2.75) is 23.7 Å². The van der Waals surface area contributed by atoms with Gasteiger partial charge in [-0.05, 0) is 24.3 Å². The van der Waals surface area contributed by atoms with E-state index in [2.05, 4.69) is 20.5 Å². The molecule has 0 aliphatic carbocycles. The van der Waals surface area contributed by atoms with Gasteiger partial charge in [-0.15, -0.1) is 33.9 Å². The van der Waals surface area contributed by atoms with Crippen LogP contribution in [0.5, 0.6) is 0 Å². The fourth-order valence-corrected chi connectivity index (χ4v) is 5.18. The van der Waals surface area contributed by atoms with Crippen molar-refractivity contribution in [3.05, 3.63) is 45.5 Å². The number of nitrogens with zero attached hydrogens (tertiary/aromatic N) is 4. The Morgan fingerprint density at radius 2 is 2.00 bits per heavy atom. The molecule has 0 amide bonds. The maximum atomic E-state index is 12.5. The molecule has 2 aromatic heterocycles. The molecule has 1 aliphatic rings. The highest BCUT2D eigenvalue weighted by atomic mass is 35.5. The standard InChI is InChI=1S/C15H14ClN5O2S2.ClH/c16-10-1-3-11(4-2-10)25(22,23)9-14-18-12(8-24-14)15-20-19-13-7-17-5-6-21(13)15;/h1-4,8,17H,5-7,9H2;1H. The lowest BCUT2D eigenvalue weighted by Gasteiger charge is -2.15. The molecule has 0 saturated carbocycles. The van der Waals surface area contributed by atoms with Crippen molar-refractivity contribution in [3.8, 4) is 11.5 Å². The average molecular weight is 432 g/mol. The third-order valence-corrected chi connectivity index (χ3v) is 6.82. The van der Waals surface area contributed by atoms with E-state index in [1.807, 2.05) is 9.95 Å². The Bertz CT molecular complexity index is 1020. The van der Waals surface area contributed by atoms with Crippen molar-refractivity contribution in [2.24, 2.45) is 0 Å². The molecule has 1 aromatic carbocycles. The molecule has 26 heavy (non-hydrogen) atoms. The summed E-state index contributed by atoms with van der Waals surface area (Å²) >= 11 is 7.13. The van der Waals surface area contributed by atoms with Crippen LogP contribution in [0, 0.1) is 0 Å². The molecule has 3 aromatic rings. The second-order valence-electron chi connectivity index (χ2n) is 5.61. The van der Waals surface area contributed by atoms with Gasteiger partial charge in [0, 0.05) is 23.5 Å². The van der Waals surface area contributed by atoms with Crippen LogP contribution in [0.2, 0.25) is 5.02 Å². The predicted molar refractivity (Wildman–Crippen MR) is 102 cm³/mol. The van der Waals surface area contributed by atoms with Gasteiger partial charge in [-0.2, -0.15) is 0 Å². The molecule has 0 saturated heterocycles. The zero-order chi connectivity index (χ0) is 17.4. The number of rotatable bonds is 4. The van der Waals surface area contributed by atoms with Gasteiger partial charge in [0.2, 0.25) is 0 Å². The van der Waals surface area contributed by atoms with Crippen LogP contribution >= 0.6 is 35.3 Å². The quantitative estimate of drug-likeness (QED) is 0.682. The molecule has 7 nitrogen and oxygen atoms in total. The summed E-state index contributed by atoms with van der Waals surface area (Å²) in [6, 6.07) is 6.15. The Balaban J connectivity index is 0.00000196. The Labute approximate surface area is 165 Å². The van der Waals surface area contributed by atoms with Gasteiger partial charge < -0.3 is 9.88 Å². The van der Waals surface area contributed by atoms with E-state index in [9.17, 15) is 8.42 Å². The van der Waals surface area contributed by atoms with Crippen LogP contribution in [0.3, 0.4) is 0 Å². The Hall–Kier alpha value is -1.52. The van der Waals surface area contributed by atoms with Crippen LogP contribution < -0.4 is 5.32 Å². The monoisotopic (exact) mass is 431 g/mol. The average Bonchev–Trinajstić information content (AvgIpc) is 3.21. The minimum Gasteiger partial charge on any atom is -0.308 e. The van der Waals surface area contributed by atoms with Gasteiger partial charge in [0.1, 0.15) is 22.3 Å². The summed E-state index contributed by atoms with van der Waals surface area (Å²) in [5, 5.41) is 14.4. The normalized spacial score (nSPS) is 13.9.